The highest BCUT2D eigenvalue weighted by atomic mass is 16.6. The summed E-state index contributed by atoms with van der Waals surface area (Å²) in [5.74, 6) is 1.38. The number of alkyl carbamates (subject to hydrolysis) is 2. The summed E-state index contributed by atoms with van der Waals surface area (Å²) in [6, 6.07) is 5.74. The minimum Gasteiger partial charge on any atom is -0.493 e. The summed E-state index contributed by atoms with van der Waals surface area (Å²) in [5, 5.41) is 5.18. The van der Waals surface area contributed by atoms with E-state index in [0.29, 0.717) is 50.6 Å². The van der Waals surface area contributed by atoms with Crippen LogP contribution in [-0.2, 0) is 15.9 Å². The van der Waals surface area contributed by atoms with Crippen molar-refractivity contribution < 1.29 is 28.5 Å². The van der Waals surface area contributed by atoms with Crippen LogP contribution in [0, 0.1) is 0 Å². The average Bonchev–Trinajstić information content (AvgIpc) is 2.71. The topological polar surface area (TPSA) is 98.4 Å². The Kier molecular flexibility index (Phi) is 12.0. The van der Waals surface area contributed by atoms with Crippen LogP contribution in [0.2, 0.25) is 0 Å². The van der Waals surface area contributed by atoms with Crippen molar-refractivity contribution in [2.24, 2.45) is 0 Å². The molecule has 0 spiro atoms. The molecule has 0 unspecified atom stereocenters. The van der Waals surface area contributed by atoms with Crippen molar-refractivity contribution in [2.45, 2.75) is 20.3 Å². The van der Waals surface area contributed by atoms with E-state index in [4.69, 9.17) is 18.9 Å². The van der Waals surface area contributed by atoms with E-state index < -0.39 is 12.2 Å². The standard InChI is InChI=1S/C20H33N3O6/c1-5-21-19(24)28-14-12-23(13-15-29-20(25)22-6-2)11-10-16-8-7-9-17(26-3)18(16)27-4/h7-9H,5-6,10-15H2,1-4H3,(H,21,24)(H,22,25). The van der Waals surface area contributed by atoms with E-state index in [9.17, 15) is 9.59 Å². The molecule has 1 rings (SSSR count). The lowest BCUT2D eigenvalue weighted by atomic mass is 10.1. The lowest BCUT2D eigenvalue weighted by Crippen LogP contribution is -2.36. The molecule has 0 aliphatic carbocycles. The Hall–Kier alpha value is -2.68. The number of carbonyl (C=O) groups is 2. The van der Waals surface area contributed by atoms with Crippen molar-refractivity contribution in [1.82, 2.24) is 15.5 Å². The van der Waals surface area contributed by atoms with E-state index in [0.717, 1.165) is 5.56 Å². The van der Waals surface area contributed by atoms with Gasteiger partial charge in [0.15, 0.2) is 11.5 Å². The van der Waals surface area contributed by atoms with E-state index in [2.05, 4.69) is 15.5 Å². The zero-order chi connectivity index (χ0) is 21.5. The van der Waals surface area contributed by atoms with Gasteiger partial charge in [-0.05, 0) is 31.9 Å². The minimum absolute atomic E-state index is 0.238. The van der Waals surface area contributed by atoms with Gasteiger partial charge in [0.05, 0.1) is 14.2 Å². The molecular weight excluding hydrogens is 378 g/mol. The van der Waals surface area contributed by atoms with Gasteiger partial charge in [0.1, 0.15) is 13.2 Å². The Labute approximate surface area is 172 Å². The molecule has 0 saturated carbocycles. The summed E-state index contributed by atoms with van der Waals surface area (Å²) < 4.78 is 21.1. The zero-order valence-electron chi connectivity index (χ0n) is 17.8. The van der Waals surface area contributed by atoms with Crippen LogP contribution in [-0.4, -0.2) is 77.2 Å². The van der Waals surface area contributed by atoms with E-state index in [1.165, 1.54) is 0 Å². The molecule has 0 aromatic heterocycles. The van der Waals surface area contributed by atoms with Gasteiger partial charge in [-0.15, -0.1) is 0 Å². The smallest absolute Gasteiger partial charge is 0.407 e. The molecule has 2 amide bonds. The maximum atomic E-state index is 11.5. The molecule has 164 valence electrons. The molecule has 2 N–H and O–H groups in total. The second kappa shape index (κ2) is 14.3. The molecule has 9 nitrogen and oxygen atoms in total. The molecule has 0 bridgehead atoms. The number of nitrogens with one attached hydrogen (secondary N) is 2. The predicted octanol–water partition coefficient (Wildman–Crippen LogP) is 2.04. The van der Waals surface area contributed by atoms with Gasteiger partial charge in [-0.3, -0.25) is 4.90 Å². The number of amides is 2. The Bertz CT molecular complexity index is 602. The van der Waals surface area contributed by atoms with Crippen molar-refractivity contribution in [2.75, 3.05) is 60.2 Å². The number of ether oxygens (including phenoxy) is 4. The number of para-hydroxylation sites is 1. The summed E-state index contributed by atoms with van der Waals surface area (Å²) in [5.41, 5.74) is 1.01. The van der Waals surface area contributed by atoms with Crippen molar-refractivity contribution in [1.29, 1.82) is 0 Å². The first-order valence-electron chi connectivity index (χ1n) is 9.79. The molecule has 1 aromatic rings. The van der Waals surface area contributed by atoms with Crippen LogP contribution < -0.4 is 20.1 Å². The zero-order valence-corrected chi connectivity index (χ0v) is 17.8. The summed E-state index contributed by atoms with van der Waals surface area (Å²) in [4.78, 5) is 25.0. The van der Waals surface area contributed by atoms with Gasteiger partial charge in [-0.1, -0.05) is 12.1 Å². The first-order chi connectivity index (χ1) is 14.0. The Morgan fingerprint density at radius 2 is 1.48 bits per heavy atom. The molecule has 0 atom stereocenters. The fourth-order valence-corrected chi connectivity index (χ4v) is 2.69. The van der Waals surface area contributed by atoms with Gasteiger partial charge in [0.25, 0.3) is 0 Å². The number of methoxy groups -OCH3 is 2. The number of benzene rings is 1. The van der Waals surface area contributed by atoms with Gasteiger partial charge in [-0.2, -0.15) is 0 Å². The first kappa shape index (κ1) is 24.4. The highest BCUT2D eigenvalue weighted by Gasteiger charge is 2.13. The molecule has 0 aliphatic rings. The van der Waals surface area contributed by atoms with E-state index >= 15 is 0 Å². The van der Waals surface area contributed by atoms with Crippen molar-refractivity contribution in [3.05, 3.63) is 23.8 Å². The maximum Gasteiger partial charge on any atom is 0.407 e. The van der Waals surface area contributed by atoms with Crippen molar-refractivity contribution in [3.8, 4) is 11.5 Å². The summed E-state index contributed by atoms with van der Waals surface area (Å²) in [7, 11) is 3.21. The number of rotatable bonds is 13. The molecule has 1 aromatic carbocycles. The molecule has 0 fully saturated rings. The van der Waals surface area contributed by atoms with Gasteiger partial charge in [0.2, 0.25) is 0 Å². The van der Waals surface area contributed by atoms with Crippen LogP contribution in [0.15, 0.2) is 18.2 Å². The van der Waals surface area contributed by atoms with Gasteiger partial charge >= 0.3 is 12.2 Å². The highest BCUT2D eigenvalue weighted by Crippen LogP contribution is 2.30. The second-order valence-electron chi connectivity index (χ2n) is 6.08. The third-order valence-electron chi connectivity index (χ3n) is 4.11. The number of hydrogen-bond donors (Lipinski definition) is 2. The summed E-state index contributed by atoms with van der Waals surface area (Å²) in [6.07, 6.45) is -0.191. The molecular formula is C20H33N3O6. The fraction of sp³-hybridized carbons (Fsp3) is 0.600. The van der Waals surface area contributed by atoms with Crippen LogP contribution in [0.3, 0.4) is 0 Å². The van der Waals surface area contributed by atoms with E-state index in [1.807, 2.05) is 32.0 Å². The van der Waals surface area contributed by atoms with Crippen LogP contribution in [0.4, 0.5) is 9.59 Å². The lowest BCUT2D eigenvalue weighted by molar-refractivity contribution is 0.107. The number of hydrogen-bond acceptors (Lipinski definition) is 7. The Balaban J connectivity index is 2.64. The van der Waals surface area contributed by atoms with Crippen molar-refractivity contribution >= 4 is 12.2 Å². The first-order valence-corrected chi connectivity index (χ1v) is 9.79. The number of nitrogens with zero attached hydrogens (tertiary/aromatic N) is 1. The SMILES string of the molecule is CCNC(=O)OCCN(CCOC(=O)NCC)CCc1cccc(OC)c1OC. The predicted molar refractivity (Wildman–Crippen MR) is 110 cm³/mol. The minimum atomic E-state index is -0.444. The second-order valence-corrected chi connectivity index (χ2v) is 6.08. The van der Waals surface area contributed by atoms with Gasteiger partial charge in [-0.25, -0.2) is 9.59 Å². The largest absolute Gasteiger partial charge is 0.493 e. The molecule has 0 aliphatic heterocycles. The third-order valence-corrected chi connectivity index (χ3v) is 4.11. The Morgan fingerprint density at radius 3 is 1.97 bits per heavy atom. The third kappa shape index (κ3) is 9.38. The number of carbonyl (C=O) groups excluding carboxylic acids is 2. The fourth-order valence-electron chi connectivity index (χ4n) is 2.69. The molecule has 0 saturated heterocycles. The van der Waals surface area contributed by atoms with Crippen LogP contribution in [0.5, 0.6) is 11.5 Å². The van der Waals surface area contributed by atoms with Crippen molar-refractivity contribution in [3.63, 3.8) is 0 Å². The van der Waals surface area contributed by atoms with E-state index in [-0.39, 0.29) is 13.2 Å². The molecule has 9 heteroatoms. The normalized spacial score (nSPS) is 10.4. The van der Waals surface area contributed by atoms with Gasteiger partial charge in [0, 0.05) is 32.7 Å². The Morgan fingerprint density at radius 1 is 0.897 bits per heavy atom. The van der Waals surface area contributed by atoms with Crippen LogP contribution in [0.25, 0.3) is 0 Å². The maximum absolute atomic E-state index is 11.5. The molecule has 0 heterocycles. The lowest BCUT2D eigenvalue weighted by Gasteiger charge is -2.23. The summed E-state index contributed by atoms with van der Waals surface area (Å²) >= 11 is 0. The quantitative estimate of drug-likeness (QED) is 0.512. The highest BCUT2D eigenvalue weighted by molar-refractivity contribution is 5.67. The average molecular weight is 411 g/mol. The summed E-state index contributed by atoms with van der Waals surface area (Å²) in [6.45, 7) is 6.86. The molecule has 0 radical (unpaired) electrons. The monoisotopic (exact) mass is 411 g/mol. The van der Waals surface area contributed by atoms with Crippen LogP contribution >= 0.6 is 0 Å². The molecule has 29 heavy (non-hydrogen) atoms. The van der Waals surface area contributed by atoms with Gasteiger partial charge < -0.3 is 29.6 Å². The van der Waals surface area contributed by atoms with Crippen LogP contribution in [0.1, 0.15) is 19.4 Å². The van der Waals surface area contributed by atoms with E-state index in [1.54, 1.807) is 14.2 Å².